The minimum atomic E-state index is -0.229. The minimum Gasteiger partial charge on any atom is -0.271 e. The minimum absolute atomic E-state index is 0.0710. The number of rotatable bonds is 4. The third-order valence-corrected chi connectivity index (χ3v) is 4.46. The van der Waals surface area contributed by atoms with Gasteiger partial charge in [0.1, 0.15) is 18.0 Å². The van der Waals surface area contributed by atoms with Crippen molar-refractivity contribution in [2.45, 2.75) is 12.5 Å². The lowest BCUT2D eigenvalue weighted by molar-refractivity contribution is 0.530. The Labute approximate surface area is 119 Å². The van der Waals surface area contributed by atoms with Gasteiger partial charge in [0.25, 0.3) is 0 Å². The van der Waals surface area contributed by atoms with Crippen molar-refractivity contribution in [1.82, 2.24) is 20.2 Å². The number of hydrazine groups is 1. The van der Waals surface area contributed by atoms with Gasteiger partial charge in [0.15, 0.2) is 0 Å². The van der Waals surface area contributed by atoms with Crippen molar-refractivity contribution < 1.29 is 4.39 Å². The number of fused-ring (bicyclic) bond motifs is 1. The Kier molecular flexibility index (Phi) is 3.47. The van der Waals surface area contributed by atoms with Gasteiger partial charge in [-0.05, 0) is 29.7 Å². The van der Waals surface area contributed by atoms with Crippen LogP contribution in [0.3, 0.4) is 0 Å². The van der Waals surface area contributed by atoms with Crippen LogP contribution in [0.4, 0.5) is 4.39 Å². The Balaban J connectivity index is 1.92. The molecule has 0 aliphatic heterocycles. The largest absolute Gasteiger partial charge is 0.271 e. The zero-order valence-corrected chi connectivity index (χ0v) is 11.7. The number of benzene rings is 1. The van der Waals surface area contributed by atoms with E-state index < -0.39 is 0 Å². The summed E-state index contributed by atoms with van der Waals surface area (Å²) in [7, 11) is 1.84. The smallest absolute Gasteiger partial charge is 0.138 e. The van der Waals surface area contributed by atoms with Crippen LogP contribution in [0.1, 0.15) is 16.7 Å². The van der Waals surface area contributed by atoms with E-state index in [1.54, 1.807) is 22.1 Å². The van der Waals surface area contributed by atoms with E-state index in [0.717, 1.165) is 20.8 Å². The molecule has 3 rings (SSSR count). The molecule has 0 bridgehead atoms. The third kappa shape index (κ3) is 2.43. The number of aromatic nitrogens is 3. The molecule has 3 aromatic rings. The number of nitrogens with two attached hydrogens (primary N) is 1. The molecule has 0 spiro atoms. The van der Waals surface area contributed by atoms with Crippen LogP contribution in [0, 0.1) is 5.82 Å². The number of nitrogens with zero attached hydrogens (tertiary/aromatic N) is 3. The predicted octanol–water partition coefficient (Wildman–Crippen LogP) is 1.92. The number of thiophene rings is 1. The highest BCUT2D eigenvalue weighted by Gasteiger charge is 2.16. The summed E-state index contributed by atoms with van der Waals surface area (Å²) < 4.78 is 16.0. The summed E-state index contributed by atoms with van der Waals surface area (Å²) in [6.45, 7) is 0. The van der Waals surface area contributed by atoms with Crippen LogP contribution in [-0.4, -0.2) is 14.8 Å². The van der Waals surface area contributed by atoms with Crippen LogP contribution in [0.5, 0.6) is 0 Å². The highest BCUT2D eigenvalue weighted by Crippen LogP contribution is 2.31. The molecule has 0 saturated carbocycles. The fraction of sp³-hybridized carbons (Fsp3) is 0.231. The standard InChI is InChI=1S/C13H14FN5S/c1-19-13(16-7-17-19)6-10(18-15)12-5-8-4-9(14)2-3-11(8)20-12/h2-5,7,10,18H,6,15H2,1H3. The number of hydrogen-bond acceptors (Lipinski definition) is 5. The van der Waals surface area contributed by atoms with E-state index in [0.29, 0.717) is 6.42 Å². The highest BCUT2D eigenvalue weighted by molar-refractivity contribution is 7.19. The average Bonchev–Trinajstić information content (AvgIpc) is 3.01. The Morgan fingerprint density at radius 1 is 1.45 bits per heavy atom. The van der Waals surface area contributed by atoms with Crippen molar-refractivity contribution in [2.24, 2.45) is 12.9 Å². The highest BCUT2D eigenvalue weighted by atomic mass is 32.1. The second kappa shape index (κ2) is 5.28. The summed E-state index contributed by atoms with van der Waals surface area (Å²) in [6.07, 6.45) is 2.14. The van der Waals surface area contributed by atoms with Gasteiger partial charge in [-0.3, -0.25) is 16.0 Å². The molecule has 5 nitrogen and oxygen atoms in total. The maximum Gasteiger partial charge on any atom is 0.138 e. The van der Waals surface area contributed by atoms with Gasteiger partial charge in [-0.15, -0.1) is 11.3 Å². The molecular formula is C13H14FN5S. The van der Waals surface area contributed by atoms with Crippen LogP contribution in [-0.2, 0) is 13.5 Å². The Morgan fingerprint density at radius 3 is 3.00 bits per heavy atom. The van der Waals surface area contributed by atoms with Gasteiger partial charge in [-0.1, -0.05) is 0 Å². The number of halogens is 1. The topological polar surface area (TPSA) is 68.8 Å². The average molecular weight is 291 g/mol. The van der Waals surface area contributed by atoms with Crippen LogP contribution in [0.2, 0.25) is 0 Å². The van der Waals surface area contributed by atoms with E-state index in [1.165, 1.54) is 18.5 Å². The maximum atomic E-state index is 13.2. The zero-order chi connectivity index (χ0) is 14.1. The first-order chi connectivity index (χ1) is 9.67. The van der Waals surface area contributed by atoms with E-state index in [9.17, 15) is 4.39 Å². The Morgan fingerprint density at radius 2 is 2.30 bits per heavy atom. The first-order valence-electron chi connectivity index (χ1n) is 6.15. The molecule has 0 saturated heterocycles. The van der Waals surface area contributed by atoms with Gasteiger partial charge >= 0.3 is 0 Å². The number of aryl methyl sites for hydroxylation is 1. The lowest BCUT2D eigenvalue weighted by Gasteiger charge is -2.13. The summed E-state index contributed by atoms with van der Waals surface area (Å²) in [4.78, 5) is 5.25. The molecule has 7 heteroatoms. The molecule has 0 radical (unpaired) electrons. The fourth-order valence-corrected chi connectivity index (χ4v) is 3.24. The lowest BCUT2D eigenvalue weighted by atomic mass is 10.1. The molecule has 0 fully saturated rings. The maximum absolute atomic E-state index is 13.2. The van der Waals surface area contributed by atoms with E-state index in [4.69, 9.17) is 5.84 Å². The Hall–Kier alpha value is -1.83. The molecule has 2 heterocycles. The second-order valence-electron chi connectivity index (χ2n) is 4.55. The van der Waals surface area contributed by atoms with Crippen LogP contribution in [0.15, 0.2) is 30.6 Å². The van der Waals surface area contributed by atoms with Crippen LogP contribution >= 0.6 is 11.3 Å². The molecule has 1 unspecified atom stereocenters. The van der Waals surface area contributed by atoms with Crippen molar-refractivity contribution in [3.05, 3.63) is 47.1 Å². The summed E-state index contributed by atoms with van der Waals surface area (Å²) in [5, 5.41) is 4.93. The van der Waals surface area contributed by atoms with Gasteiger partial charge in [0.2, 0.25) is 0 Å². The SMILES string of the molecule is Cn1ncnc1CC(NN)c1cc2cc(F)ccc2s1. The molecular weight excluding hydrogens is 277 g/mol. The van der Waals surface area contributed by atoms with E-state index in [1.807, 2.05) is 13.1 Å². The second-order valence-corrected chi connectivity index (χ2v) is 5.67. The third-order valence-electron chi connectivity index (χ3n) is 3.23. The molecule has 0 aliphatic rings. The van der Waals surface area contributed by atoms with Gasteiger partial charge < -0.3 is 0 Å². The monoisotopic (exact) mass is 291 g/mol. The van der Waals surface area contributed by atoms with Gasteiger partial charge in [0.05, 0.1) is 6.04 Å². The van der Waals surface area contributed by atoms with E-state index in [-0.39, 0.29) is 11.9 Å². The number of hydrogen-bond donors (Lipinski definition) is 2. The van der Waals surface area contributed by atoms with Crippen molar-refractivity contribution in [2.75, 3.05) is 0 Å². The quantitative estimate of drug-likeness (QED) is 0.569. The van der Waals surface area contributed by atoms with Gasteiger partial charge in [0, 0.05) is 23.0 Å². The van der Waals surface area contributed by atoms with Crippen molar-refractivity contribution in [3.8, 4) is 0 Å². The molecule has 0 amide bonds. The molecule has 20 heavy (non-hydrogen) atoms. The van der Waals surface area contributed by atoms with E-state index >= 15 is 0 Å². The first-order valence-corrected chi connectivity index (χ1v) is 6.97. The molecule has 2 aromatic heterocycles. The fourth-order valence-electron chi connectivity index (χ4n) is 2.14. The molecule has 0 aliphatic carbocycles. The van der Waals surface area contributed by atoms with Crippen molar-refractivity contribution >= 4 is 21.4 Å². The number of nitrogens with one attached hydrogen (secondary N) is 1. The summed E-state index contributed by atoms with van der Waals surface area (Å²) in [6, 6.07) is 6.68. The molecule has 1 atom stereocenters. The summed E-state index contributed by atoms with van der Waals surface area (Å²) >= 11 is 1.60. The summed E-state index contributed by atoms with van der Waals surface area (Å²) in [5.41, 5.74) is 2.79. The zero-order valence-electron chi connectivity index (χ0n) is 10.9. The van der Waals surface area contributed by atoms with E-state index in [2.05, 4.69) is 15.5 Å². The molecule has 1 aromatic carbocycles. The summed E-state index contributed by atoms with van der Waals surface area (Å²) in [5.74, 6) is 6.26. The molecule has 3 N–H and O–H groups in total. The van der Waals surface area contributed by atoms with Crippen LogP contribution < -0.4 is 11.3 Å². The Bertz CT molecular complexity index is 735. The van der Waals surface area contributed by atoms with Gasteiger partial charge in [-0.2, -0.15) is 5.10 Å². The lowest BCUT2D eigenvalue weighted by Crippen LogP contribution is -2.29. The van der Waals surface area contributed by atoms with Crippen molar-refractivity contribution in [1.29, 1.82) is 0 Å². The normalized spacial score (nSPS) is 12.9. The molecule has 104 valence electrons. The predicted molar refractivity (Wildman–Crippen MR) is 76.6 cm³/mol. The van der Waals surface area contributed by atoms with Gasteiger partial charge in [-0.25, -0.2) is 9.37 Å². The van der Waals surface area contributed by atoms with Crippen molar-refractivity contribution in [3.63, 3.8) is 0 Å². The van der Waals surface area contributed by atoms with Crippen LogP contribution in [0.25, 0.3) is 10.1 Å². The first kappa shape index (κ1) is 13.2.